The number of nitrogens with zero attached hydrogens (tertiary/aromatic N) is 2. The first-order chi connectivity index (χ1) is 11.3. The van der Waals surface area contributed by atoms with Crippen LogP contribution in [0.5, 0.6) is 0 Å². The van der Waals surface area contributed by atoms with Crippen LogP contribution < -0.4 is 5.32 Å². The molecule has 0 aliphatic carbocycles. The number of pyridine rings is 1. The number of morpholine rings is 1. The first kappa shape index (κ1) is 15.6. The molecule has 0 saturated carbocycles. The molecule has 0 radical (unpaired) electrons. The smallest absolute Gasteiger partial charge is 0.269 e. The van der Waals surface area contributed by atoms with Crippen LogP contribution in [0.25, 0.3) is 0 Å². The van der Waals surface area contributed by atoms with Crippen molar-refractivity contribution >= 4 is 5.91 Å². The Bertz CT molecular complexity index is 613. The molecule has 1 aliphatic rings. The predicted octanol–water partition coefficient (Wildman–Crippen LogP) is 1.88. The van der Waals surface area contributed by atoms with Gasteiger partial charge in [-0.15, -0.1) is 0 Å². The maximum atomic E-state index is 12.2. The molecular formula is C18H21N3O2. The van der Waals surface area contributed by atoms with E-state index in [0.29, 0.717) is 12.2 Å². The van der Waals surface area contributed by atoms with Gasteiger partial charge in [-0.1, -0.05) is 36.4 Å². The number of amides is 1. The van der Waals surface area contributed by atoms with E-state index >= 15 is 0 Å². The van der Waals surface area contributed by atoms with E-state index in [1.807, 2.05) is 24.3 Å². The Balaban J connectivity index is 1.70. The van der Waals surface area contributed by atoms with Gasteiger partial charge in [0.1, 0.15) is 5.69 Å². The van der Waals surface area contributed by atoms with Gasteiger partial charge in [0.25, 0.3) is 5.91 Å². The molecule has 1 N–H and O–H groups in total. The van der Waals surface area contributed by atoms with Crippen LogP contribution in [0.15, 0.2) is 54.7 Å². The van der Waals surface area contributed by atoms with E-state index in [0.717, 1.165) is 26.3 Å². The molecule has 1 aliphatic heterocycles. The summed E-state index contributed by atoms with van der Waals surface area (Å²) < 4.78 is 5.44. The number of rotatable bonds is 5. The van der Waals surface area contributed by atoms with Gasteiger partial charge in [0.15, 0.2) is 0 Å². The van der Waals surface area contributed by atoms with E-state index in [-0.39, 0.29) is 11.9 Å². The lowest BCUT2D eigenvalue weighted by Gasteiger charge is -2.34. The minimum atomic E-state index is -0.139. The van der Waals surface area contributed by atoms with E-state index < -0.39 is 0 Å². The van der Waals surface area contributed by atoms with Crippen molar-refractivity contribution < 1.29 is 9.53 Å². The van der Waals surface area contributed by atoms with Gasteiger partial charge in [-0.2, -0.15) is 0 Å². The Morgan fingerprint density at radius 1 is 1.13 bits per heavy atom. The monoisotopic (exact) mass is 311 g/mol. The number of hydrogen-bond donors (Lipinski definition) is 1. The van der Waals surface area contributed by atoms with Crippen LogP contribution in [0.1, 0.15) is 22.1 Å². The molecular weight excluding hydrogens is 290 g/mol. The predicted molar refractivity (Wildman–Crippen MR) is 88.1 cm³/mol. The molecule has 5 heteroatoms. The van der Waals surface area contributed by atoms with Crippen molar-refractivity contribution in [2.75, 3.05) is 32.8 Å². The Kier molecular flexibility index (Phi) is 5.34. The van der Waals surface area contributed by atoms with Crippen LogP contribution in [-0.2, 0) is 4.74 Å². The fraction of sp³-hybridized carbons (Fsp3) is 0.333. The normalized spacial score (nSPS) is 16.7. The third-order valence-corrected chi connectivity index (χ3v) is 4.02. The average Bonchev–Trinajstić information content (AvgIpc) is 2.64. The van der Waals surface area contributed by atoms with Crippen LogP contribution in [0.4, 0.5) is 0 Å². The zero-order valence-corrected chi connectivity index (χ0v) is 13.0. The summed E-state index contributed by atoms with van der Waals surface area (Å²) in [5, 5.41) is 3.01. The SMILES string of the molecule is O=C(NCC(c1ccccc1)N1CCOCC1)c1ccccn1. The highest BCUT2D eigenvalue weighted by Crippen LogP contribution is 2.21. The van der Waals surface area contributed by atoms with Crippen molar-refractivity contribution in [3.05, 3.63) is 66.0 Å². The van der Waals surface area contributed by atoms with Crippen LogP contribution in [-0.4, -0.2) is 48.6 Å². The second-order valence-corrected chi connectivity index (χ2v) is 5.50. The van der Waals surface area contributed by atoms with Crippen molar-refractivity contribution in [3.63, 3.8) is 0 Å². The van der Waals surface area contributed by atoms with E-state index in [2.05, 4.69) is 27.3 Å². The standard InChI is InChI=1S/C18H21N3O2/c22-18(16-8-4-5-9-19-16)20-14-17(15-6-2-1-3-7-15)21-10-12-23-13-11-21/h1-9,17H,10-14H2,(H,20,22). The van der Waals surface area contributed by atoms with Crippen LogP contribution in [0.3, 0.4) is 0 Å². The Labute approximate surface area is 136 Å². The van der Waals surface area contributed by atoms with Gasteiger partial charge in [0.2, 0.25) is 0 Å². The molecule has 23 heavy (non-hydrogen) atoms. The maximum absolute atomic E-state index is 12.2. The van der Waals surface area contributed by atoms with Crippen molar-refractivity contribution in [1.29, 1.82) is 0 Å². The summed E-state index contributed by atoms with van der Waals surface area (Å²) in [6, 6.07) is 15.8. The lowest BCUT2D eigenvalue weighted by Crippen LogP contribution is -2.43. The van der Waals surface area contributed by atoms with Crippen LogP contribution in [0.2, 0.25) is 0 Å². The van der Waals surface area contributed by atoms with Gasteiger partial charge in [-0.25, -0.2) is 0 Å². The maximum Gasteiger partial charge on any atom is 0.269 e. The Morgan fingerprint density at radius 2 is 1.87 bits per heavy atom. The zero-order valence-electron chi connectivity index (χ0n) is 13.0. The second-order valence-electron chi connectivity index (χ2n) is 5.50. The van der Waals surface area contributed by atoms with Gasteiger partial charge in [-0.3, -0.25) is 14.7 Å². The number of nitrogens with one attached hydrogen (secondary N) is 1. The number of aromatic nitrogens is 1. The summed E-state index contributed by atoms with van der Waals surface area (Å²) in [6.07, 6.45) is 1.63. The molecule has 1 fully saturated rings. The molecule has 1 unspecified atom stereocenters. The van der Waals surface area contributed by atoms with Crippen molar-refractivity contribution in [2.45, 2.75) is 6.04 Å². The largest absolute Gasteiger partial charge is 0.379 e. The average molecular weight is 311 g/mol. The molecule has 1 aromatic carbocycles. The molecule has 120 valence electrons. The second kappa shape index (κ2) is 7.85. The number of carbonyl (C=O) groups is 1. The molecule has 1 aromatic heterocycles. The molecule has 0 spiro atoms. The van der Waals surface area contributed by atoms with E-state index in [4.69, 9.17) is 4.74 Å². The van der Waals surface area contributed by atoms with Gasteiger partial charge >= 0.3 is 0 Å². The van der Waals surface area contributed by atoms with Crippen molar-refractivity contribution in [1.82, 2.24) is 15.2 Å². The number of hydrogen-bond acceptors (Lipinski definition) is 4. The highest BCUT2D eigenvalue weighted by atomic mass is 16.5. The Hall–Kier alpha value is -2.24. The molecule has 5 nitrogen and oxygen atoms in total. The highest BCUT2D eigenvalue weighted by molar-refractivity contribution is 5.92. The molecule has 1 saturated heterocycles. The lowest BCUT2D eigenvalue weighted by atomic mass is 10.0. The summed E-state index contributed by atoms with van der Waals surface area (Å²) in [5.41, 5.74) is 1.65. The summed E-state index contributed by atoms with van der Waals surface area (Å²) in [7, 11) is 0. The molecule has 1 amide bonds. The first-order valence-electron chi connectivity index (χ1n) is 7.90. The molecule has 2 heterocycles. The van der Waals surface area contributed by atoms with E-state index in [1.54, 1.807) is 18.3 Å². The summed E-state index contributed by atoms with van der Waals surface area (Å²) in [6.45, 7) is 3.77. The fourth-order valence-corrected chi connectivity index (χ4v) is 2.80. The summed E-state index contributed by atoms with van der Waals surface area (Å²) in [4.78, 5) is 18.7. The molecule has 1 atom stereocenters. The quantitative estimate of drug-likeness (QED) is 0.916. The van der Waals surface area contributed by atoms with Gasteiger partial charge in [-0.05, 0) is 17.7 Å². The number of benzene rings is 1. The third kappa shape index (κ3) is 4.15. The summed E-state index contributed by atoms with van der Waals surface area (Å²) >= 11 is 0. The van der Waals surface area contributed by atoms with Gasteiger partial charge < -0.3 is 10.1 Å². The Morgan fingerprint density at radius 3 is 2.57 bits per heavy atom. The minimum absolute atomic E-state index is 0.139. The zero-order chi connectivity index (χ0) is 15.9. The van der Waals surface area contributed by atoms with E-state index in [1.165, 1.54) is 5.56 Å². The molecule has 2 aromatic rings. The minimum Gasteiger partial charge on any atom is -0.379 e. The van der Waals surface area contributed by atoms with Crippen LogP contribution >= 0.6 is 0 Å². The number of carbonyl (C=O) groups excluding carboxylic acids is 1. The fourth-order valence-electron chi connectivity index (χ4n) is 2.80. The first-order valence-corrected chi connectivity index (χ1v) is 7.90. The lowest BCUT2D eigenvalue weighted by molar-refractivity contribution is 0.0162. The summed E-state index contributed by atoms with van der Waals surface area (Å²) in [5.74, 6) is -0.139. The highest BCUT2D eigenvalue weighted by Gasteiger charge is 2.23. The third-order valence-electron chi connectivity index (χ3n) is 4.02. The van der Waals surface area contributed by atoms with Gasteiger partial charge in [0.05, 0.1) is 19.3 Å². The van der Waals surface area contributed by atoms with Crippen molar-refractivity contribution in [2.24, 2.45) is 0 Å². The van der Waals surface area contributed by atoms with Crippen molar-refractivity contribution in [3.8, 4) is 0 Å². The molecule has 3 rings (SSSR count). The number of ether oxygens (including phenoxy) is 1. The van der Waals surface area contributed by atoms with Gasteiger partial charge in [0, 0.05) is 25.8 Å². The van der Waals surface area contributed by atoms with E-state index in [9.17, 15) is 4.79 Å². The molecule has 0 bridgehead atoms. The topological polar surface area (TPSA) is 54.5 Å². The van der Waals surface area contributed by atoms with Crippen LogP contribution in [0, 0.1) is 0 Å².